The maximum Gasteiger partial charge on any atom is 0.123 e. The molecular formula is C17H16FN3. The van der Waals surface area contributed by atoms with Gasteiger partial charge in [0.05, 0.1) is 11.6 Å². The summed E-state index contributed by atoms with van der Waals surface area (Å²) in [6.07, 6.45) is 1.78. The molecule has 0 spiro atoms. The molecule has 3 aromatic rings. The van der Waals surface area contributed by atoms with E-state index in [1.165, 1.54) is 12.1 Å². The number of rotatable bonds is 4. The van der Waals surface area contributed by atoms with Gasteiger partial charge in [-0.3, -0.25) is 4.98 Å². The number of fused-ring (bicyclic) bond motifs is 1. The number of aromatic nitrogens is 1. The van der Waals surface area contributed by atoms with Crippen LogP contribution in [-0.4, -0.2) is 11.5 Å². The zero-order chi connectivity index (χ0) is 14.7. The van der Waals surface area contributed by atoms with Crippen molar-refractivity contribution in [2.45, 2.75) is 6.04 Å². The van der Waals surface area contributed by atoms with Crippen molar-refractivity contribution in [2.24, 2.45) is 5.73 Å². The number of anilines is 1. The number of benzene rings is 2. The Labute approximate surface area is 122 Å². The molecule has 3 rings (SSSR count). The molecule has 106 valence electrons. The number of halogens is 1. The smallest absolute Gasteiger partial charge is 0.123 e. The van der Waals surface area contributed by atoms with Crippen molar-refractivity contribution in [3.05, 3.63) is 72.2 Å². The molecule has 0 saturated heterocycles. The second-order valence-electron chi connectivity index (χ2n) is 4.90. The van der Waals surface area contributed by atoms with Gasteiger partial charge in [-0.2, -0.15) is 0 Å². The predicted molar refractivity (Wildman–Crippen MR) is 83.6 cm³/mol. The van der Waals surface area contributed by atoms with Crippen LogP contribution in [0.4, 0.5) is 10.1 Å². The Hall–Kier alpha value is -2.46. The van der Waals surface area contributed by atoms with Gasteiger partial charge in [0.1, 0.15) is 5.82 Å². The summed E-state index contributed by atoms with van der Waals surface area (Å²) < 4.78 is 12.9. The summed E-state index contributed by atoms with van der Waals surface area (Å²) in [6, 6.07) is 16.3. The van der Waals surface area contributed by atoms with Gasteiger partial charge in [0, 0.05) is 23.8 Å². The van der Waals surface area contributed by atoms with Crippen molar-refractivity contribution >= 4 is 16.6 Å². The molecule has 3 N–H and O–H groups in total. The first-order valence-electron chi connectivity index (χ1n) is 6.83. The Bertz CT molecular complexity index is 740. The normalized spacial score (nSPS) is 12.3. The van der Waals surface area contributed by atoms with Crippen molar-refractivity contribution in [1.82, 2.24) is 4.98 Å². The van der Waals surface area contributed by atoms with Crippen LogP contribution in [0.3, 0.4) is 0 Å². The van der Waals surface area contributed by atoms with Crippen LogP contribution in [0.25, 0.3) is 10.9 Å². The monoisotopic (exact) mass is 281 g/mol. The summed E-state index contributed by atoms with van der Waals surface area (Å²) in [5.74, 6) is -0.248. The Kier molecular flexibility index (Phi) is 3.79. The van der Waals surface area contributed by atoms with Crippen molar-refractivity contribution in [3.8, 4) is 0 Å². The van der Waals surface area contributed by atoms with Crippen LogP contribution < -0.4 is 11.1 Å². The molecule has 3 nitrogen and oxygen atoms in total. The first kappa shape index (κ1) is 13.5. The van der Waals surface area contributed by atoms with Crippen LogP contribution in [0.15, 0.2) is 60.8 Å². The summed E-state index contributed by atoms with van der Waals surface area (Å²) in [4.78, 5) is 4.31. The molecule has 21 heavy (non-hydrogen) atoms. The van der Waals surface area contributed by atoms with Gasteiger partial charge in [-0.15, -0.1) is 0 Å². The Morgan fingerprint density at radius 2 is 1.90 bits per heavy atom. The molecule has 2 aromatic carbocycles. The lowest BCUT2D eigenvalue weighted by Crippen LogP contribution is -2.20. The zero-order valence-electron chi connectivity index (χ0n) is 11.5. The molecule has 1 heterocycles. The van der Waals surface area contributed by atoms with Crippen LogP contribution in [0.2, 0.25) is 0 Å². The first-order chi connectivity index (χ1) is 10.3. The van der Waals surface area contributed by atoms with Crippen LogP contribution in [0.5, 0.6) is 0 Å². The molecule has 1 aromatic heterocycles. The quantitative estimate of drug-likeness (QED) is 0.769. The van der Waals surface area contributed by atoms with E-state index in [9.17, 15) is 4.39 Å². The highest BCUT2D eigenvalue weighted by Crippen LogP contribution is 2.22. The zero-order valence-corrected chi connectivity index (χ0v) is 11.5. The molecule has 0 fully saturated rings. The van der Waals surface area contributed by atoms with Crippen molar-refractivity contribution in [3.63, 3.8) is 0 Å². The largest absolute Gasteiger partial charge is 0.377 e. The molecule has 4 heteroatoms. The predicted octanol–water partition coefficient (Wildman–Crippen LogP) is 3.49. The topological polar surface area (TPSA) is 50.9 Å². The van der Waals surface area contributed by atoms with Gasteiger partial charge in [-0.05, 0) is 48.0 Å². The molecule has 0 saturated carbocycles. The highest BCUT2D eigenvalue weighted by Gasteiger charge is 2.10. The minimum Gasteiger partial charge on any atom is -0.377 e. The van der Waals surface area contributed by atoms with Crippen LogP contribution in [0.1, 0.15) is 11.6 Å². The van der Waals surface area contributed by atoms with Gasteiger partial charge < -0.3 is 11.1 Å². The Morgan fingerprint density at radius 1 is 1.10 bits per heavy atom. The van der Waals surface area contributed by atoms with Gasteiger partial charge >= 0.3 is 0 Å². The third-order valence-corrected chi connectivity index (χ3v) is 3.45. The lowest BCUT2D eigenvalue weighted by molar-refractivity contribution is 0.628. The number of pyridine rings is 1. The Balaban J connectivity index is 1.88. The molecule has 0 aliphatic heterocycles. The second kappa shape index (κ2) is 5.89. The standard InChI is InChI=1S/C17H16FN3/c18-14-4-6-15(7-5-14)21-17(11-19)13-3-8-16-12(10-13)2-1-9-20-16/h1-10,17,21H,11,19H2. The fraction of sp³-hybridized carbons (Fsp3) is 0.118. The number of hydrogen-bond acceptors (Lipinski definition) is 3. The van der Waals surface area contributed by atoms with Crippen molar-refractivity contribution in [1.29, 1.82) is 0 Å². The molecule has 0 radical (unpaired) electrons. The van der Waals surface area contributed by atoms with E-state index in [-0.39, 0.29) is 11.9 Å². The van der Waals surface area contributed by atoms with Crippen LogP contribution in [0, 0.1) is 5.82 Å². The summed E-state index contributed by atoms with van der Waals surface area (Å²) in [6.45, 7) is 0.448. The van der Waals surface area contributed by atoms with E-state index >= 15 is 0 Å². The minimum absolute atomic E-state index is 0.0277. The summed E-state index contributed by atoms with van der Waals surface area (Å²) in [7, 11) is 0. The SMILES string of the molecule is NCC(Nc1ccc(F)cc1)c1ccc2ncccc2c1. The highest BCUT2D eigenvalue weighted by atomic mass is 19.1. The number of nitrogens with one attached hydrogen (secondary N) is 1. The Morgan fingerprint density at radius 3 is 2.67 bits per heavy atom. The molecule has 0 bridgehead atoms. The number of hydrogen-bond donors (Lipinski definition) is 2. The minimum atomic E-state index is -0.248. The summed E-state index contributed by atoms with van der Waals surface area (Å²) >= 11 is 0. The lowest BCUT2D eigenvalue weighted by atomic mass is 10.0. The highest BCUT2D eigenvalue weighted by molar-refractivity contribution is 5.79. The number of nitrogens with two attached hydrogens (primary N) is 1. The molecular weight excluding hydrogens is 265 g/mol. The fourth-order valence-electron chi connectivity index (χ4n) is 2.34. The summed E-state index contributed by atoms with van der Waals surface area (Å²) in [5, 5.41) is 4.40. The maximum absolute atomic E-state index is 12.9. The first-order valence-corrected chi connectivity index (χ1v) is 6.83. The van der Waals surface area contributed by atoms with Crippen LogP contribution >= 0.6 is 0 Å². The fourth-order valence-corrected chi connectivity index (χ4v) is 2.34. The average molecular weight is 281 g/mol. The molecule has 1 atom stereocenters. The van der Waals surface area contributed by atoms with E-state index in [1.54, 1.807) is 18.3 Å². The molecule has 0 aliphatic carbocycles. The second-order valence-corrected chi connectivity index (χ2v) is 4.90. The summed E-state index contributed by atoms with van der Waals surface area (Å²) in [5.41, 5.74) is 8.76. The lowest BCUT2D eigenvalue weighted by Gasteiger charge is -2.19. The average Bonchev–Trinajstić information content (AvgIpc) is 2.54. The van der Waals surface area contributed by atoms with E-state index in [4.69, 9.17) is 5.73 Å². The van der Waals surface area contributed by atoms with E-state index in [0.29, 0.717) is 6.54 Å². The van der Waals surface area contributed by atoms with Gasteiger partial charge in [0.2, 0.25) is 0 Å². The number of nitrogens with zero attached hydrogens (tertiary/aromatic N) is 1. The van der Waals surface area contributed by atoms with Gasteiger partial charge in [0.25, 0.3) is 0 Å². The molecule has 0 amide bonds. The molecule has 0 aliphatic rings. The van der Waals surface area contributed by atoms with E-state index < -0.39 is 0 Å². The van der Waals surface area contributed by atoms with E-state index in [1.807, 2.05) is 24.3 Å². The van der Waals surface area contributed by atoms with E-state index in [0.717, 1.165) is 22.2 Å². The van der Waals surface area contributed by atoms with Gasteiger partial charge in [-0.1, -0.05) is 12.1 Å². The third kappa shape index (κ3) is 3.01. The van der Waals surface area contributed by atoms with E-state index in [2.05, 4.69) is 16.4 Å². The van der Waals surface area contributed by atoms with Crippen molar-refractivity contribution in [2.75, 3.05) is 11.9 Å². The maximum atomic E-state index is 12.9. The third-order valence-electron chi connectivity index (χ3n) is 3.45. The van der Waals surface area contributed by atoms with Crippen molar-refractivity contribution < 1.29 is 4.39 Å². The van der Waals surface area contributed by atoms with Gasteiger partial charge in [0.15, 0.2) is 0 Å². The molecule has 1 unspecified atom stereocenters. The van der Waals surface area contributed by atoms with Gasteiger partial charge in [-0.25, -0.2) is 4.39 Å². The van der Waals surface area contributed by atoms with Crippen LogP contribution in [-0.2, 0) is 0 Å².